The predicted molar refractivity (Wildman–Crippen MR) is 128 cm³/mol. The number of hydrogen-bond acceptors (Lipinski definition) is 2. The third-order valence-electron chi connectivity index (χ3n) is 5.37. The van der Waals surface area contributed by atoms with Crippen molar-refractivity contribution in [2.45, 2.75) is 27.2 Å². The Bertz CT molecular complexity index is 1180. The van der Waals surface area contributed by atoms with E-state index in [0.29, 0.717) is 0 Å². The number of fused-ring (bicyclic) bond motifs is 1. The highest BCUT2D eigenvalue weighted by Gasteiger charge is 2.23. The molecule has 3 aromatic rings. The average Bonchev–Trinajstić information content (AvgIpc) is 2.79. The number of aromatic nitrogens is 1. The van der Waals surface area contributed by atoms with Crippen molar-refractivity contribution in [3.05, 3.63) is 113 Å². The summed E-state index contributed by atoms with van der Waals surface area (Å²) in [6, 6.07) is 23.1. The van der Waals surface area contributed by atoms with Gasteiger partial charge in [0, 0.05) is 22.5 Å². The molecule has 0 unspecified atom stereocenters. The second-order valence-electron chi connectivity index (χ2n) is 7.58. The third kappa shape index (κ3) is 3.81. The van der Waals surface area contributed by atoms with E-state index in [9.17, 15) is 0 Å². The van der Waals surface area contributed by atoms with Gasteiger partial charge in [0.25, 0.3) is 0 Å². The number of rotatable bonds is 4. The van der Waals surface area contributed by atoms with E-state index >= 15 is 0 Å². The Balaban J connectivity index is 2.00. The van der Waals surface area contributed by atoms with Gasteiger partial charge < -0.3 is 0 Å². The van der Waals surface area contributed by atoms with Crippen molar-refractivity contribution in [1.82, 2.24) is 4.98 Å². The highest BCUT2D eigenvalue weighted by atomic mass is 14.8. The molecule has 0 bridgehead atoms. The zero-order valence-electron chi connectivity index (χ0n) is 17.8. The molecule has 2 aromatic carbocycles. The molecule has 30 heavy (non-hydrogen) atoms. The van der Waals surface area contributed by atoms with E-state index in [-0.39, 0.29) is 0 Å². The van der Waals surface area contributed by atoms with Gasteiger partial charge in [0.2, 0.25) is 0 Å². The fourth-order valence-corrected chi connectivity index (χ4v) is 3.82. The molecule has 0 radical (unpaired) electrons. The van der Waals surface area contributed by atoms with Crippen LogP contribution < -0.4 is 0 Å². The standard InChI is InChI=1S/C28H26N2/c1-5-23-18-26(22-14-10-7-11-15-22)25-17-16-24(20(4)21-12-8-6-9-13-21)27(28(25)30-23)29-19(2)3/h6-18H,2,5H2,1,3-4H3/b24-20+,29-27?. The minimum atomic E-state index is 0.773. The van der Waals surface area contributed by atoms with Gasteiger partial charge in [-0.25, -0.2) is 0 Å². The molecule has 0 amide bonds. The van der Waals surface area contributed by atoms with Crippen molar-refractivity contribution in [3.8, 4) is 11.1 Å². The molecule has 0 atom stereocenters. The van der Waals surface area contributed by atoms with Crippen LogP contribution in [0.2, 0.25) is 0 Å². The van der Waals surface area contributed by atoms with E-state index in [4.69, 9.17) is 9.98 Å². The number of hydrogen-bond donors (Lipinski definition) is 0. The van der Waals surface area contributed by atoms with Crippen LogP contribution in [0.4, 0.5) is 0 Å². The zero-order valence-corrected chi connectivity index (χ0v) is 17.8. The monoisotopic (exact) mass is 390 g/mol. The fourth-order valence-electron chi connectivity index (χ4n) is 3.82. The Labute approximate surface area is 179 Å². The molecular formula is C28H26N2. The largest absolute Gasteiger partial charge is 0.251 e. The second kappa shape index (κ2) is 8.46. The molecule has 1 aliphatic carbocycles. The van der Waals surface area contributed by atoms with Gasteiger partial charge in [0.15, 0.2) is 0 Å². The summed E-state index contributed by atoms with van der Waals surface area (Å²) in [6.07, 6.45) is 5.23. The van der Waals surface area contributed by atoms with Gasteiger partial charge in [-0.3, -0.25) is 9.98 Å². The van der Waals surface area contributed by atoms with E-state index in [1.54, 1.807) is 0 Å². The number of benzene rings is 2. The van der Waals surface area contributed by atoms with Crippen LogP contribution in [0.3, 0.4) is 0 Å². The smallest absolute Gasteiger partial charge is 0.0974 e. The van der Waals surface area contributed by atoms with E-state index in [0.717, 1.165) is 40.4 Å². The van der Waals surface area contributed by atoms with Gasteiger partial charge >= 0.3 is 0 Å². The molecule has 2 heteroatoms. The highest BCUT2D eigenvalue weighted by molar-refractivity contribution is 6.22. The van der Waals surface area contributed by atoms with Crippen molar-refractivity contribution in [3.63, 3.8) is 0 Å². The molecule has 0 fully saturated rings. The van der Waals surface area contributed by atoms with E-state index in [1.165, 1.54) is 22.3 Å². The number of allylic oxidation sites excluding steroid dienone is 4. The summed E-state index contributed by atoms with van der Waals surface area (Å²) in [6.45, 7) is 10.3. The summed E-state index contributed by atoms with van der Waals surface area (Å²) < 4.78 is 0. The minimum Gasteiger partial charge on any atom is -0.251 e. The molecule has 0 aliphatic heterocycles. The van der Waals surface area contributed by atoms with E-state index in [2.05, 4.69) is 87.2 Å². The first-order chi connectivity index (χ1) is 14.6. The summed E-state index contributed by atoms with van der Waals surface area (Å²) >= 11 is 0. The van der Waals surface area contributed by atoms with Crippen molar-refractivity contribution in [2.75, 3.05) is 0 Å². The van der Waals surface area contributed by atoms with Crippen molar-refractivity contribution >= 4 is 17.4 Å². The lowest BCUT2D eigenvalue weighted by atomic mass is 9.86. The summed E-state index contributed by atoms with van der Waals surface area (Å²) in [5.74, 6) is 0. The van der Waals surface area contributed by atoms with Crippen molar-refractivity contribution in [2.24, 2.45) is 4.99 Å². The number of aryl methyl sites for hydroxylation is 1. The molecule has 2 nitrogen and oxygen atoms in total. The number of aliphatic imine (C=N–C) groups is 1. The van der Waals surface area contributed by atoms with Crippen LogP contribution in [-0.2, 0) is 6.42 Å². The molecule has 1 aliphatic rings. The quantitative estimate of drug-likeness (QED) is 0.465. The van der Waals surface area contributed by atoms with Crippen LogP contribution in [0, 0.1) is 0 Å². The normalized spacial score (nSPS) is 15.8. The summed E-state index contributed by atoms with van der Waals surface area (Å²) in [7, 11) is 0. The summed E-state index contributed by atoms with van der Waals surface area (Å²) in [4.78, 5) is 9.89. The Morgan fingerprint density at radius 1 is 0.933 bits per heavy atom. The van der Waals surface area contributed by atoms with Gasteiger partial charge in [0.1, 0.15) is 0 Å². The lowest BCUT2D eigenvalue weighted by Crippen LogP contribution is -2.16. The average molecular weight is 391 g/mol. The fraction of sp³-hybridized carbons (Fsp3) is 0.143. The number of pyridine rings is 1. The molecule has 0 spiro atoms. The van der Waals surface area contributed by atoms with Crippen LogP contribution in [0.15, 0.2) is 95.6 Å². The molecular weight excluding hydrogens is 364 g/mol. The van der Waals surface area contributed by atoms with Crippen LogP contribution in [0.5, 0.6) is 0 Å². The van der Waals surface area contributed by atoms with Crippen LogP contribution in [0.25, 0.3) is 22.8 Å². The SMILES string of the molecule is C=C(C)N=C1/C(=C(\C)c2ccccc2)C=Cc2c(-c3ccccc3)cc(CC)nc21. The molecule has 1 heterocycles. The van der Waals surface area contributed by atoms with Crippen molar-refractivity contribution < 1.29 is 0 Å². The zero-order chi connectivity index (χ0) is 21.1. The molecule has 1 aromatic heterocycles. The van der Waals surface area contributed by atoms with E-state index < -0.39 is 0 Å². The van der Waals surface area contributed by atoms with Gasteiger partial charge in [-0.1, -0.05) is 86.3 Å². The molecule has 0 N–H and O–H groups in total. The van der Waals surface area contributed by atoms with Crippen LogP contribution in [-0.4, -0.2) is 10.7 Å². The molecule has 0 saturated carbocycles. The first kappa shape index (κ1) is 19.8. The molecule has 148 valence electrons. The molecule has 4 rings (SSSR count). The highest BCUT2D eigenvalue weighted by Crippen LogP contribution is 2.35. The predicted octanol–water partition coefficient (Wildman–Crippen LogP) is 7.13. The summed E-state index contributed by atoms with van der Waals surface area (Å²) in [5.41, 5.74) is 10.6. The number of nitrogens with zero attached hydrogens (tertiary/aromatic N) is 2. The maximum Gasteiger partial charge on any atom is 0.0974 e. The Morgan fingerprint density at radius 3 is 2.23 bits per heavy atom. The van der Waals surface area contributed by atoms with Crippen molar-refractivity contribution in [1.29, 1.82) is 0 Å². The van der Waals surface area contributed by atoms with Crippen LogP contribution >= 0.6 is 0 Å². The Kier molecular flexibility index (Phi) is 5.58. The van der Waals surface area contributed by atoms with Gasteiger partial charge in [-0.15, -0.1) is 0 Å². The lowest BCUT2D eigenvalue weighted by Gasteiger charge is -2.22. The first-order valence-electron chi connectivity index (χ1n) is 10.4. The van der Waals surface area contributed by atoms with Crippen LogP contribution in [0.1, 0.15) is 43.3 Å². The second-order valence-corrected chi connectivity index (χ2v) is 7.58. The maximum absolute atomic E-state index is 5.02. The Morgan fingerprint density at radius 2 is 1.60 bits per heavy atom. The molecule has 0 saturated heterocycles. The van der Waals surface area contributed by atoms with Gasteiger partial charge in [0.05, 0.1) is 11.4 Å². The minimum absolute atomic E-state index is 0.773. The first-order valence-corrected chi connectivity index (χ1v) is 10.4. The Hall–Kier alpha value is -3.52. The van der Waals surface area contributed by atoms with Gasteiger partial charge in [-0.2, -0.15) is 0 Å². The topological polar surface area (TPSA) is 25.2 Å². The van der Waals surface area contributed by atoms with E-state index in [1.807, 2.05) is 19.1 Å². The van der Waals surface area contributed by atoms with Gasteiger partial charge in [-0.05, 0) is 48.6 Å². The summed E-state index contributed by atoms with van der Waals surface area (Å²) in [5, 5.41) is 0. The third-order valence-corrected chi connectivity index (χ3v) is 5.37. The maximum atomic E-state index is 5.02. The lowest BCUT2D eigenvalue weighted by molar-refractivity contribution is 1.02.